The average Bonchev–Trinajstić information content (AvgIpc) is 2.48. The fourth-order valence-electron chi connectivity index (χ4n) is 2.97. The van der Waals surface area contributed by atoms with Gasteiger partial charge >= 0.3 is 0 Å². The Morgan fingerprint density at radius 3 is 2.65 bits per heavy atom. The molecule has 20 heavy (non-hydrogen) atoms. The van der Waals surface area contributed by atoms with Gasteiger partial charge in [-0.2, -0.15) is 0 Å². The van der Waals surface area contributed by atoms with E-state index in [9.17, 15) is 0 Å². The van der Waals surface area contributed by atoms with E-state index in [0.717, 1.165) is 6.54 Å². The summed E-state index contributed by atoms with van der Waals surface area (Å²) in [5.74, 6) is 0. The van der Waals surface area contributed by atoms with Crippen LogP contribution >= 0.6 is 0 Å². The molecule has 112 valence electrons. The highest BCUT2D eigenvalue weighted by Gasteiger charge is 2.25. The van der Waals surface area contributed by atoms with Gasteiger partial charge in [0, 0.05) is 31.7 Å². The van der Waals surface area contributed by atoms with Crippen molar-refractivity contribution in [1.82, 2.24) is 15.1 Å². The molecule has 0 spiro atoms. The number of nitrogens with zero attached hydrogens (tertiary/aromatic N) is 2. The van der Waals surface area contributed by atoms with Gasteiger partial charge in [0.25, 0.3) is 0 Å². The number of likely N-dealkylation sites (N-methyl/N-ethyl adjacent to an activating group) is 2. The topological polar surface area (TPSA) is 18.5 Å². The van der Waals surface area contributed by atoms with Crippen molar-refractivity contribution < 1.29 is 0 Å². The Bertz CT molecular complexity index is 379. The van der Waals surface area contributed by atoms with Crippen molar-refractivity contribution in [2.75, 3.05) is 40.3 Å². The van der Waals surface area contributed by atoms with E-state index in [1.54, 1.807) is 0 Å². The first-order valence-corrected chi connectivity index (χ1v) is 7.87. The van der Waals surface area contributed by atoms with Gasteiger partial charge in [-0.15, -0.1) is 0 Å². The van der Waals surface area contributed by atoms with Crippen molar-refractivity contribution in [3.8, 4) is 0 Å². The molecule has 1 aliphatic heterocycles. The maximum absolute atomic E-state index is 3.72. The molecule has 1 aromatic carbocycles. The zero-order chi connectivity index (χ0) is 14.4. The molecule has 1 saturated heterocycles. The molecule has 0 aromatic heterocycles. The van der Waals surface area contributed by atoms with Crippen LogP contribution in [0.1, 0.15) is 31.4 Å². The van der Waals surface area contributed by atoms with Crippen LogP contribution in [0.15, 0.2) is 30.3 Å². The number of benzene rings is 1. The number of nitrogens with one attached hydrogen (secondary N) is 1. The van der Waals surface area contributed by atoms with Crippen LogP contribution in [0.5, 0.6) is 0 Å². The zero-order valence-electron chi connectivity index (χ0n) is 13.2. The molecule has 2 rings (SSSR count). The van der Waals surface area contributed by atoms with E-state index in [2.05, 4.69) is 66.5 Å². The van der Waals surface area contributed by atoms with Crippen LogP contribution in [-0.4, -0.2) is 56.1 Å². The first-order valence-electron chi connectivity index (χ1n) is 7.87. The summed E-state index contributed by atoms with van der Waals surface area (Å²) in [6.45, 7) is 6.86. The Morgan fingerprint density at radius 1 is 1.20 bits per heavy atom. The first-order chi connectivity index (χ1) is 9.70. The predicted molar refractivity (Wildman–Crippen MR) is 86.0 cm³/mol. The van der Waals surface area contributed by atoms with E-state index in [1.807, 2.05) is 0 Å². The normalized spacial score (nSPS) is 22.9. The summed E-state index contributed by atoms with van der Waals surface area (Å²) in [5.41, 5.74) is 1.42. The molecule has 2 atom stereocenters. The molecule has 1 aliphatic rings. The maximum atomic E-state index is 3.72. The fourth-order valence-corrected chi connectivity index (χ4v) is 2.97. The molecule has 1 aromatic rings. The van der Waals surface area contributed by atoms with Crippen LogP contribution < -0.4 is 5.32 Å². The van der Waals surface area contributed by atoms with Crippen LogP contribution in [0.25, 0.3) is 0 Å². The van der Waals surface area contributed by atoms with Gasteiger partial charge in [-0.3, -0.25) is 0 Å². The lowest BCUT2D eigenvalue weighted by atomic mass is 9.97. The third-order valence-electron chi connectivity index (χ3n) is 4.33. The quantitative estimate of drug-likeness (QED) is 0.860. The minimum Gasteiger partial charge on any atom is -0.310 e. The van der Waals surface area contributed by atoms with Crippen LogP contribution in [0, 0.1) is 0 Å². The summed E-state index contributed by atoms with van der Waals surface area (Å²) >= 11 is 0. The number of hydrogen-bond donors (Lipinski definition) is 1. The van der Waals surface area contributed by atoms with Gasteiger partial charge in [0.1, 0.15) is 0 Å². The minimum atomic E-state index is 0.468. The van der Waals surface area contributed by atoms with Crippen molar-refractivity contribution in [1.29, 1.82) is 0 Å². The van der Waals surface area contributed by atoms with E-state index in [4.69, 9.17) is 0 Å². The van der Waals surface area contributed by atoms with E-state index in [1.165, 1.54) is 38.0 Å². The van der Waals surface area contributed by atoms with E-state index in [0.29, 0.717) is 12.1 Å². The molecule has 2 unspecified atom stereocenters. The average molecular weight is 275 g/mol. The molecule has 3 heteroatoms. The number of piperazine rings is 1. The fraction of sp³-hybridized carbons (Fsp3) is 0.647. The molecule has 0 bridgehead atoms. The maximum Gasteiger partial charge on any atom is 0.0335 e. The second-order valence-electron chi connectivity index (χ2n) is 6.05. The Hall–Kier alpha value is -0.900. The lowest BCUT2D eigenvalue weighted by Gasteiger charge is -2.39. The lowest BCUT2D eigenvalue weighted by molar-refractivity contribution is 0.101. The molecule has 1 heterocycles. The Kier molecular flexibility index (Phi) is 6.02. The van der Waals surface area contributed by atoms with Gasteiger partial charge in [-0.05, 0) is 39.0 Å². The standard InChI is InChI=1S/C17H29N3/c1-4-10-18-17(15-8-6-5-7-9-15)13-16-14-19(2)11-12-20(16)3/h5-9,16-18H,4,10-14H2,1-3H3. The Balaban J connectivity index is 2.03. The van der Waals surface area contributed by atoms with Gasteiger partial charge in [-0.25, -0.2) is 0 Å². The summed E-state index contributed by atoms with van der Waals surface area (Å²) in [6.07, 6.45) is 2.37. The van der Waals surface area contributed by atoms with Crippen LogP contribution in [0.3, 0.4) is 0 Å². The molecule has 3 nitrogen and oxygen atoms in total. The van der Waals surface area contributed by atoms with Gasteiger partial charge in [0.2, 0.25) is 0 Å². The second-order valence-corrected chi connectivity index (χ2v) is 6.05. The smallest absolute Gasteiger partial charge is 0.0335 e. The number of hydrogen-bond acceptors (Lipinski definition) is 3. The Labute approximate surface area is 124 Å². The summed E-state index contributed by atoms with van der Waals surface area (Å²) in [7, 11) is 4.50. The zero-order valence-corrected chi connectivity index (χ0v) is 13.2. The SMILES string of the molecule is CCCNC(CC1CN(C)CCN1C)c1ccccc1. The monoisotopic (exact) mass is 275 g/mol. The summed E-state index contributed by atoms with van der Waals surface area (Å²) in [6, 6.07) is 12.0. The van der Waals surface area contributed by atoms with Gasteiger partial charge in [-0.1, -0.05) is 37.3 Å². The van der Waals surface area contributed by atoms with Gasteiger partial charge in [0.15, 0.2) is 0 Å². The largest absolute Gasteiger partial charge is 0.310 e. The molecule has 0 aliphatic carbocycles. The van der Waals surface area contributed by atoms with Crippen LogP contribution in [-0.2, 0) is 0 Å². The van der Waals surface area contributed by atoms with Gasteiger partial charge < -0.3 is 15.1 Å². The van der Waals surface area contributed by atoms with Gasteiger partial charge in [0.05, 0.1) is 0 Å². The highest BCUT2D eigenvalue weighted by Crippen LogP contribution is 2.22. The molecule has 0 radical (unpaired) electrons. The van der Waals surface area contributed by atoms with Crippen molar-refractivity contribution in [2.24, 2.45) is 0 Å². The van der Waals surface area contributed by atoms with Crippen molar-refractivity contribution in [3.05, 3.63) is 35.9 Å². The lowest BCUT2D eigenvalue weighted by Crippen LogP contribution is -2.51. The molecule has 0 amide bonds. The summed E-state index contributed by atoms with van der Waals surface area (Å²) in [5, 5.41) is 3.72. The third kappa shape index (κ3) is 4.30. The van der Waals surface area contributed by atoms with Crippen LogP contribution in [0.2, 0.25) is 0 Å². The Morgan fingerprint density at radius 2 is 1.95 bits per heavy atom. The summed E-state index contributed by atoms with van der Waals surface area (Å²) in [4.78, 5) is 4.97. The predicted octanol–water partition coefficient (Wildman–Crippen LogP) is 2.36. The van der Waals surface area contributed by atoms with Crippen molar-refractivity contribution in [2.45, 2.75) is 31.8 Å². The van der Waals surface area contributed by atoms with E-state index < -0.39 is 0 Å². The molecular formula is C17H29N3. The highest BCUT2D eigenvalue weighted by molar-refractivity contribution is 5.19. The first kappa shape index (κ1) is 15.5. The third-order valence-corrected chi connectivity index (χ3v) is 4.33. The van der Waals surface area contributed by atoms with Crippen molar-refractivity contribution in [3.63, 3.8) is 0 Å². The van der Waals surface area contributed by atoms with Crippen LogP contribution in [0.4, 0.5) is 0 Å². The molecule has 1 N–H and O–H groups in total. The van der Waals surface area contributed by atoms with Crippen molar-refractivity contribution >= 4 is 0 Å². The van der Waals surface area contributed by atoms with E-state index >= 15 is 0 Å². The van der Waals surface area contributed by atoms with E-state index in [-0.39, 0.29) is 0 Å². The molecule has 1 fully saturated rings. The second kappa shape index (κ2) is 7.77. The highest BCUT2D eigenvalue weighted by atomic mass is 15.3. The number of rotatable bonds is 6. The molecular weight excluding hydrogens is 246 g/mol. The molecule has 0 saturated carbocycles. The minimum absolute atomic E-state index is 0.468. The summed E-state index contributed by atoms with van der Waals surface area (Å²) < 4.78 is 0.